The molecular weight excluding hydrogens is 620 g/mol. The topological polar surface area (TPSA) is 57.2 Å². The minimum Gasteiger partial charge on any atom is -0.491 e. The Bertz CT molecular complexity index is 1870. The summed E-state index contributed by atoms with van der Waals surface area (Å²) in [6.07, 6.45) is 1.83. The third-order valence-electron chi connectivity index (χ3n) is 8.23. The molecule has 0 saturated carbocycles. The molecule has 1 atom stereocenters. The molecular formula is C45H42O5. The molecule has 0 bridgehead atoms. The highest BCUT2D eigenvalue weighted by Gasteiger charge is 2.14. The molecule has 6 aromatic carbocycles. The molecule has 5 heteroatoms. The lowest BCUT2D eigenvalue weighted by Gasteiger charge is -2.16. The molecule has 0 aliphatic carbocycles. The van der Waals surface area contributed by atoms with Crippen molar-refractivity contribution < 1.29 is 24.1 Å². The van der Waals surface area contributed by atoms with E-state index >= 15 is 0 Å². The lowest BCUT2D eigenvalue weighted by molar-refractivity contribution is 0.0889. The molecule has 6 aromatic rings. The van der Waals surface area contributed by atoms with E-state index in [9.17, 15) is 5.11 Å². The Morgan fingerprint density at radius 3 is 1.48 bits per heavy atom. The summed E-state index contributed by atoms with van der Waals surface area (Å²) in [5, 5.41) is 11.4. The monoisotopic (exact) mass is 662 g/mol. The summed E-state index contributed by atoms with van der Waals surface area (Å²) in [6, 6.07) is 54.1. The van der Waals surface area contributed by atoms with Crippen LogP contribution in [0.25, 0.3) is 11.6 Å². The number of hydrogen-bond donors (Lipinski definition) is 1. The van der Waals surface area contributed by atoms with Gasteiger partial charge in [0.25, 0.3) is 0 Å². The van der Waals surface area contributed by atoms with E-state index in [2.05, 4.69) is 30.3 Å². The third kappa shape index (κ3) is 10.7. The van der Waals surface area contributed by atoms with Crippen molar-refractivity contribution in [3.8, 4) is 17.2 Å². The maximum absolute atomic E-state index is 11.4. The van der Waals surface area contributed by atoms with Crippen LogP contribution in [0, 0.1) is 0 Å². The van der Waals surface area contributed by atoms with E-state index in [1.54, 1.807) is 0 Å². The minimum atomic E-state index is -0.716. The van der Waals surface area contributed by atoms with Crippen LogP contribution in [0.1, 0.15) is 45.9 Å². The SMILES string of the molecule is OC(CC(=Cc1ccc(OCc2ccccc2)cc1)c1ccc(OCc2ccccc2)cc1)c1ccc(OCCOCc2ccccc2)cc1. The highest BCUT2D eigenvalue weighted by molar-refractivity contribution is 5.82. The van der Waals surface area contributed by atoms with Crippen LogP contribution in [0.2, 0.25) is 0 Å². The van der Waals surface area contributed by atoms with Crippen molar-refractivity contribution in [2.75, 3.05) is 13.2 Å². The maximum Gasteiger partial charge on any atom is 0.119 e. The van der Waals surface area contributed by atoms with Crippen molar-refractivity contribution in [1.82, 2.24) is 0 Å². The fourth-order valence-electron chi connectivity index (χ4n) is 5.46. The van der Waals surface area contributed by atoms with Crippen LogP contribution >= 0.6 is 0 Å². The summed E-state index contributed by atoms with van der Waals surface area (Å²) in [5.74, 6) is 2.33. The zero-order chi connectivity index (χ0) is 34.2. The van der Waals surface area contributed by atoms with Crippen molar-refractivity contribution in [2.24, 2.45) is 0 Å². The fraction of sp³-hybridized carbons (Fsp3) is 0.156. The second-order valence-electron chi connectivity index (χ2n) is 12.0. The molecule has 5 nitrogen and oxygen atoms in total. The predicted octanol–water partition coefficient (Wildman–Crippen LogP) is 10.1. The van der Waals surface area contributed by atoms with Gasteiger partial charge < -0.3 is 24.1 Å². The van der Waals surface area contributed by atoms with Crippen molar-refractivity contribution in [3.05, 3.63) is 197 Å². The summed E-state index contributed by atoms with van der Waals surface area (Å²) in [6.45, 7) is 2.51. The van der Waals surface area contributed by atoms with E-state index in [0.29, 0.717) is 39.5 Å². The van der Waals surface area contributed by atoms with Gasteiger partial charge >= 0.3 is 0 Å². The number of hydrogen-bond acceptors (Lipinski definition) is 5. The molecule has 6 rings (SSSR count). The van der Waals surface area contributed by atoms with Crippen LogP contribution < -0.4 is 14.2 Å². The predicted molar refractivity (Wildman–Crippen MR) is 200 cm³/mol. The second-order valence-corrected chi connectivity index (χ2v) is 12.0. The zero-order valence-corrected chi connectivity index (χ0v) is 28.1. The number of rotatable bonds is 17. The van der Waals surface area contributed by atoms with Gasteiger partial charge in [0.2, 0.25) is 0 Å². The van der Waals surface area contributed by atoms with E-state index in [4.69, 9.17) is 18.9 Å². The lowest BCUT2D eigenvalue weighted by Crippen LogP contribution is -2.07. The standard InChI is InChI=1S/C45H42O5/c46-45(40-20-26-42(27-21-40)48-29-28-47-32-36-10-4-1-5-11-36)31-41(39-18-24-44(25-19-39)50-34-38-14-8-3-9-15-38)30-35-16-22-43(23-17-35)49-33-37-12-6-2-7-13-37/h1-27,30,45-46H,28-29,31-34H2. The van der Waals surface area contributed by atoms with Crippen molar-refractivity contribution in [3.63, 3.8) is 0 Å². The average Bonchev–Trinajstić information content (AvgIpc) is 3.18. The molecule has 252 valence electrons. The molecule has 1 unspecified atom stereocenters. The van der Waals surface area contributed by atoms with Crippen LogP contribution in [-0.4, -0.2) is 18.3 Å². The Morgan fingerprint density at radius 1 is 0.480 bits per heavy atom. The maximum atomic E-state index is 11.4. The van der Waals surface area contributed by atoms with Gasteiger partial charge in [0, 0.05) is 6.42 Å². The summed E-state index contributed by atoms with van der Waals surface area (Å²) in [5.41, 5.74) is 7.21. The molecule has 0 amide bonds. The minimum absolute atomic E-state index is 0.421. The van der Waals surface area contributed by atoms with E-state index in [0.717, 1.165) is 56.2 Å². The number of ether oxygens (including phenoxy) is 4. The van der Waals surface area contributed by atoms with Gasteiger partial charge in [0.05, 0.1) is 19.3 Å². The quantitative estimate of drug-likeness (QED) is 0.0778. The van der Waals surface area contributed by atoms with E-state index < -0.39 is 6.10 Å². The molecule has 50 heavy (non-hydrogen) atoms. The molecule has 1 N–H and O–H groups in total. The van der Waals surface area contributed by atoms with Gasteiger partial charge in [-0.05, 0) is 75.4 Å². The Hall–Kier alpha value is -5.62. The van der Waals surface area contributed by atoms with Gasteiger partial charge in [-0.1, -0.05) is 133 Å². The largest absolute Gasteiger partial charge is 0.491 e. The van der Waals surface area contributed by atoms with Crippen LogP contribution in [0.15, 0.2) is 164 Å². The van der Waals surface area contributed by atoms with Gasteiger partial charge in [0.1, 0.15) is 37.1 Å². The summed E-state index contributed by atoms with van der Waals surface area (Å²) >= 11 is 0. The Kier molecular flexibility index (Phi) is 12.5. The first kappa shape index (κ1) is 34.3. The molecule has 0 aliphatic heterocycles. The normalized spacial score (nSPS) is 11.9. The zero-order valence-electron chi connectivity index (χ0n) is 28.1. The number of benzene rings is 6. The van der Waals surface area contributed by atoms with E-state index in [-0.39, 0.29) is 0 Å². The van der Waals surface area contributed by atoms with Gasteiger partial charge in [-0.2, -0.15) is 0 Å². The highest BCUT2D eigenvalue weighted by atomic mass is 16.5. The summed E-state index contributed by atoms with van der Waals surface area (Å²) < 4.78 is 23.6. The second kappa shape index (κ2) is 18.2. The fourth-order valence-corrected chi connectivity index (χ4v) is 5.46. The molecule has 0 spiro atoms. The van der Waals surface area contributed by atoms with Crippen molar-refractivity contribution in [1.29, 1.82) is 0 Å². The Labute approximate surface area is 295 Å². The van der Waals surface area contributed by atoms with Gasteiger partial charge in [-0.15, -0.1) is 0 Å². The molecule has 0 aromatic heterocycles. The Morgan fingerprint density at radius 2 is 0.940 bits per heavy atom. The molecule has 0 fully saturated rings. The molecule has 0 aliphatic rings. The third-order valence-corrected chi connectivity index (χ3v) is 8.23. The highest BCUT2D eigenvalue weighted by Crippen LogP contribution is 2.32. The Balaban J connectivity index is 1.10. The van der Waals surface area contributed by atoms with Gasteiger partial charge in [0.15, 0.2) is 0 Å². The first-order valence-corrected chi connectivity index (χ1v) is 16.9. The van der Waals surface area contributed by atoms with Crippen LogP contribution in [0.5, 0.6) is 17.2 Å². The van der Waals surface area contributed by atoms with E-state index in [1.807, 2.05) is 140 Å². The molecule has 0 radical (unpaired) electrons. The average molecular weight is 663 g/mol. The van der Waals surface area contributed by atoms with Crippen LogP contribution in [0.3, 0.4) is 0 Å². The first-order valence-electron chi connectivity index (χ1n) is 16.9. The number of aliphatic hydroxyl groups is 1. The summed E-state index contributed by atoms with van der Waals surface area (Å²) in [4.78, 5) is 0. The smallest absolute Gasteiger partial charge is 0.119 e. The van der Waals surface area contributed by atoms with E-state index in [1.165, 1.54) is 0 Å². The lowest BCUT2D eigenvalue weighted by atomic mass is 9.94. The molecule has 0 saturated heterocycles. The van der Waals surface area contributed by atoms with Crippen molar-refractivity contribution in [2.45, 2.75) is 32.3 Å². The van der Waals surface area contributed by atoms with Gasteiger partial charge in [-0.3, -0.25) is 0 Å². The molecule has 0 heterocycles. The van der Waals surface area contributed by atoms with Crippen LogP contribution in [0.4, 0.5) is 0 Å². The summed E-state index contributed by atoms with van der Waals surface area (Å²) in [7, 11) is 0. The van der Waals surface area contributed by atoms with Crippen molar-refractivity contribution >= 4 is 11.6 Å². The van der Waals surface area contributed by atoms with Gasteiger partial charge in [-0.25, -0.2) is 0 Å². The first-order chi connectivity index (χ1) is 24.7. The number of aliphatic hydroxyl groups excluding tert-OH is 1. The van der Waals surface area contributed by atoms with Crippen LogP contribution in [-0.2, 0) is 24.6 Å².